The Morgan fingerprint density at radius 3 is 2.22 bits per heavy atom. The van der Waals surface area contributed by atoms with Gasteiger partial charge in [-0.2, -0.15) is 4.98 Å². The Balaban J connectivity index is 1.54. The molecule has 246 valence electrons. The van der Waals surface area contributed by atoms with Crippen molar-refractivity contribution in [3.63, 3.8) is 0 Å². The molecule has 1 aromatic heterocycles. The summed E-state index contributed by atoms with van der Waals surface area (Å²) in [6, 6.07) is 7.36. The zero-order chi connectivity index (χ0) is 33.2. The van der Waals surface area contributed by atoms with E-state index < -0.39 is 28.3 Å². The zero-order valence-electron chi connectivity index (χ0n) is 26.6. The largest absolute Gasteiger partial charge is 0.444 e. The first-order valence-electron chi connectivity index (χ1n) is 14.9. The fraction of sp³-hybridized carbons (Fsp3) is 0.567. The van der Waals surface area contributed by atoms with Crippen molar-refractivity contribution in [1.29, 1.82) is 0 Å². The highest BCUT2D eigenvalue weighted by atomic mass is 35.5. The van der Waals surface area contributed by atoms with Crippen molar-refractivity contribution in [2.45, 2.75) is 85.0 Å². The van der Waals surface area contributed by atoms with E-state index in [4.69, 9.17) is 21.1 Å². The number of amides is 2. The van der Waals surface area contributed by atoms with E-state index in [2.05, 4.69) is 36.2 Å². The van der Waals surface area contributed by atoms with Crippen LogP contribution in [0.15, 0.2) is 35.5 Å². The number of aromatic nitrogens is 2. The molecule has 14 nitrogen and oxygen atoms in total. The van der Waals surface area contributed by atoms with E-state index >= 15 is 0 Å². The summed E-state index contributed by atoms with van der Waals surface area (Å²) < 4.78 is 10.6. The standard InChI is InChI=1S/C30H43ClN8O6/c1-29(2,3)44-27(40)37-26(38-28(41)45-30(4,5)6)33-16-20-13-11-19(12-14-20)15-32-24-23(39(42)43)18-35-25(36-24)34-17-21-9-7-8-10-22(21)31/h7-10,18-20H,11-17H2,1-6H3,(H2,32,34,35,36)(H2,33,37,38,40,41). The predicted octanol–water partition coefficient (Wildman–Crippen LogP) is 6.27. The average Bonchev–Trinajstić information content (AvgIpc) is 2.92. The number of nitrogens with zero attached hydrogens (tertiary/aromatic N) is 4. The van der Waals surface area contributed by atoms with Crippen LogP contribution < -0.4 is 21.3 Å². The van der Waals surface area contributed by atoms with Crippen LogP contribution in [0.3, 0.4) is 0 Å². The first-order chi connectivity index (χ1) is 21.1. The van der Waals surface area contributed by atoms with E-state index in [1.807, 2.05) is 18.2 Å². The molecule has 2 amide bonds. The van der Waals surface area contributed by atoms with E-state index in [0.29, 0.717) is 24.7 Å². The van der Waals surface area contributed by atoms with Gasteiger partial charge in [-0.25, -0.2) is 14.6 Å². The van der Waals surface area contributed by atoms with Crippen molar-refractivity contribution >= 4 is 47.2 Å². The molecule has 0 aliphatic heterocycles. The van der Waals surface area contributed by atoms with Crippen LogP contribution >= 0.6 is 11.6 Å². The molecule has 2 aromatic rings. The van der Waals surface area contributed by atoms with Crippen molar-refractivity contribution in [3.8, 4) is 0 Å². The lowest BCUT2D eigenvalue weighted by atomic mass is 9.82. The molecule has 0 saturated heterocycles. The van der Waals surface area contributed by atoms with Gasteiger partial charge in [0.2, 0.25) is 17.7 Å². The van der Waals surface area contributed by atoms with E-state index in [1.54, 1.807) is 47.6 Å². The van der Waals surface area contributed by atoms with Gasteiger partial charge < -0.3 is 25.4 Å². The Hall–Kier alpha value is -4.20. The fourth-order valence-corrected chi connectivity index (χ4v) is 4.75. The normalized spacial score (nSPS) is 17.2. The molecule has 45 heavy (non-hydrogen) atoms. The zero-order valence-corrected chi connectivity index (χ0v) is 27.4. The third-order valence-corrected chi connectivity index (χ3v) is 7.03. The van der Waals surface area contributed by atoms with Gasteiger partial charge in [0.05, 0.1) is 4.92 Å². The van der Waals surface area contributed by atoms with Gasteiger partial charge in [-0.3, -0.25) is 15.4 Å². The number of anilines is 2. The number of rotatable bonds is 9. The van der Waals surface area contributed by atoms with Crippen LogP contribution in [0.1, 0.15) is 72.8 Å². The van der Waals surface area contributed by atoms with Gasteiger partial charge in [0.1, 0.15) is 17.4 Å². The maximum Gasteiger partial charge on any atom is 0.437 e. The van der Waals surface area contributed by atoms with E-state index in [0.717, 1.165) is 31.2 Å². The molecule has 0 atom stereocenters. The van der Waals surface area contributed by atoms with Crippen LogP contribution in [0.25, 0.3) is 0 Å². The summed E-state index contributed by atoms with van der Waals surface area (Å²) in [4.78, 5) is 48.1. The lowest BCUT2D eigenvalue weighted by molar-refractivity contribution is -0.384. The Morgan fingerprint density at radius 1 is 1.00 bits per heavy atom. The third kappa shape index (κ3) is 12.7. The van der Waals surface area contributed by atoms with Crippen LogP contribution in [-0.4, -0.2) is 57.3 Å². The van der Waals surface area contributed by atoms with E-state index in [9.17, 15) is 19.7 Å². The monoisotopic (exact) mass is 646 g/mol. The molecule has 1 aliphatic rings. The van der Waals surface area contributed by atoms with E-state index in [1.165, 1.54) is 6.20 Å². The summed E-state index contributed by atoms with van der Waals surface area (Å²) in [5.74, 6) is 0.875. The summed E-state index contributed by atoms with van der Waals surface area (Å²) in [6.45, 7) is 11.7. The molecule has 1 saturated carbocycles. The molecule has 0 radical (unpaired) electrons. The van der Waals surface area contributed by atoms with Gasteiger partial charge in [-0.1, -0.05) is 29.8 Å². The Morgan fingerprint density at radius 2 is 1.62 bits per heavy atom. The van der Waals surface area contributed by atoms with E-state index in [-0.39, 0.29) is 35.2 Å². The number of aliphatic imine (C=N–C) groups is 1. The second-order valence-corrected chi connectivity index (χ2v) is 13.3. The molecule has 1 fully saturated rings. The highest BCUT2D eigenvalue weighted by molar-refractivity contribution is 6.31. The number of hydrogen-bond acceptors (Lipinski definition) is 10. The molecule has 0 bridgehead atoms. The molecule has 0 spiro atoms. The predicted molar refractivity (Wildman–Crippen MR) is 172 cm³/mol. The van der Waals surface area contributed by atoms with Crippen molar-refractivity contribution < 1.29 is 24.0 Å². The topological polar surface area (TPSA) is 182 Å². The van der Waals surface area contributed by atoms with Gasteiger partial charge in [-0.15, -0.1) is 4.99 Å². The quantitative estimate of drug-likeness (QED) is 0.104. The SMILES string of the molecule is CC(C)(C)OC(=O)/N=C(/NCC1CCC(CNc2nc(NCc3ccccc3Cl)ncc2[N+](=O)[O-])CC1)NC(=O)OC(C)(C)C. The Bertz CT molecular complexity index is 1370. The molecule has 0 unspecified atom stereocenters. The van der Waals surface area contributed by atoms with Gasteiger partial charge in [0, 0.05) is 24.7 Å². The average molecular weight is 647 g/mol. The highest BCUT2D eigenvalue weighted by Crippen LogP contribution is 2.30. The highest BCUT2D eigenvalue weighted by Gasteiger charge is 2.25. The first kappa shape index (κ1) is 35.3. The van der Waals surface area contributed by atoms with Crippen LogP contribution in [0.2, 0.25) is 5.02 Å². The summed E-state index contributed by atoms with van der Waals surface area (Å²) in [7, 11) is 0. The summed E-state index contributed by atoms with van der Waals surface area (Å²) in [5, 5.41) is 24.0. The molecule has 4 N–H and O–H groups in total. The molecule has 3 rings (SSSR count). The second kappa shape index (κ2) is 15.7. The number of alkyl carbamates (subject to hydrolysis) is 1. The van der Waals surface area contributed by atoms with Gasteiger partial charge >= 0.3 is 17.9 Å². The molecule has 1 heterocycles. The van der Waals surface area contributed by atoms with Crippen molar-refractivity contribution in [2.75, 3.05) is 23.7 Å². The number of carbonyl (C=O) groups is 2. The number of guanidine groups is 1. The Kier molecular flexibility index (Phi) is 12.3. The van der Waals surface area contributed by atoms with Gasteiger partial charge in [-0.05, 0) is 90.7 Å². The lowest BCUT2D eigenvalue weighted by Gasteiger charge is -2.29. The van der Waals surface area contributed by atoms with Crippen molar-refractivity contribution in [3.05, 3.63) is 51.2 Å². The summed E-state index contributed by atoms with van der Waals surface area (Å²) >= 11 is 6.22. The molecule has 15 heteroatoms. The summed E-state index contributed by atoms with van der Waals surface area (Å²) in [6.07, 6.45) is 3.07. The van der Waals surface area contributed by atoms with Crippen LogP contribution in [-0.2, 0) is 16.0 Å². The minimum atomic E-state index is -0.836. The first-order valence-corrected chi connectivity index (χ1v) is 15.2. The number of carbonyl (C=O) groups excluding carboxylic acids is 2. The van der Waals surface area contributed by atoms with Crippen molar-refractivity contribution in [2.24, 2.45) is 16.8 Å². The number of ether oxygens (including phenoxy) is 2. The number of hydrogen-bond donors (Lipinski definition) is 4. The maximum absolute atomic E-state index is 12.3. The second-order valence-electron chi connectivity index (χ2n) is 12.8. The minimum absolute atomic E-state index is 0.0442. The van der Waals surface area contributed by atoms with Crippen molar-refractivity contribution in [1.82, 2.24) is 20.6 Å². The lowest BCUT2D eigenvalue weighted by Crippen LogP contribution is -2.45. The number of nitrogens with one attached hydrogen (secondary N) is 4. The summed E-state index contributed by atoms with van der Waals surface area (Å²) in [5.41, 5.74) is -0.824. The molecular weight excluding hydrogens is 604 g/mol. The van der Waals surface area contributed by atoms with Gasteiger partial charge in [0.25, 0.3) is 0 Å². The third-order valence-electron chi connectivity index (χ3n) is 6.66. The van der Waals surface area contributed by atoms with Crippen LogP contribution in [0, 0.1) is 22.0 Å². The maximum atomic E-state index is 12.3. The number of nitro groups is 1. The molecule has 1 aromatic carbocycles. The smallest absolute Gasteiger partial charge is 0.437 e. The Labute approximate surface area is 268 Å². The molecule has 1 aliphatic carbocycles. The number of halogens is 1. The molecular formula is C30H43ClN8O6. The minimum Gasteiger partial charge on any atom is -0.444 e. The van der Waals surface area contributed by atoms with Crippen LogP contribution in [0.5, 0.6) is 0 Å². The van der Waals surface area contributed by atoms with Gasteiger partial charge in [0.15, 0.2) is 0 Å². The van der Waals surface area contributed by atoms with Crippen LogP contribution in [0.4, 0.5) is 27.0 Å². The number of benzene rings is 1. The fourth-order valence-electron chi connectivity index (χ4n) is 4.55.